The van der Waals surface area contributed by atoms with Gasteiger partial charge in [0.05, 0.1) is 12.7 Å². The predicted molar refractivity (Wildman–Crippen MR) is 133 cm³/mol. The Morgan fingerprint density at radius 1 is 1.06 bits per heavy atom. The van der Waals surface area contributed by atoms with Gasteiger partial charge in [0.15, 0.2) is 5.11 Å². The highest BCUT2D eigenvalue weighted by atomic mass is 32.2. The van der Waals surface area contributed by atoms with Crippen LogP contribution < -0.4 is 24.8 Å². The predicted octanol–water partition coefficient (Wildman–Crippen LogP) is 3.65. The number of ether oxygens (including phenoxy) is 2. The number of halogens is 3. The average molecular weight is 548 g/mol. The molecule has 2 aromatic carbocycles. The van der Waals surface area contributed by atoms with Crippen LogP contribution in [0.4, 0.5) is 13.2 Å². The smallest absolute Gasteiger partial charge is 0.496 e. The van der Waals surface area contributed by atoms with Crippen molar-refractivity contribution in [3.63, 3.8) is 0 Å². The van der Waals surface area contributed by atoms with Gasteiger partial charge in [-0.15, -0.1) is 13.2 Å². The van der Waals surface area contributed by atoms with E-state index in [2.05, 4.69) is 15.4 Å². The number of nitrogens with one attached hydrogen (secondary N) is 3. The van der Waals surface area contributed by atoms with Gasteiger partial charge >= 0.3 is 6.36 Å². The molecule has 0 aliphatic heterocycles. The fourth-order valence-corrected chi connectivity index (χ4v) is 4.59. The molecule has 0 aliphatic carbocycles. The lowest BCUT2D eigenvalue weighted by molar-refractivity contribution is -0.275. The molecule has 8 nitrogen and oxygen atoms in total. The molecule has 2 aromatic rings. The topological polar surface area (TPSA) is 106 Å². The third-order valence-corrected chi connectivity index (χ3v) is 6.79. The van der Waals surface area contributed by atoms with Crippen LogP contribution in [0.15, 0.2) is 41.3 Å². The second-order valence-corrected chi connectivity index (χ2v) is 10.7. The number of hydrogen-bond donors (Lipinski definition) is 3. The molecule has 0 bridgehead atoms. The second-order valence-electron chi connectivity index (χ2n) is 8.68. The highest BCUT2D eigenvalue weighted by Crippen LogP contribution is 2.31. The van der Waals surface area contributed by atoms with Crippen molar-refractivity contribution < 1.29 is 35.9 Å². The number of alkyl halides is 3. The number of methoxy groups -OCH3 is 1. The van der Waals surface area contributed by atoms with Gasteiger partial charge in [0.25, 0.3) is 15.9 Å². The van der Waals surface area contributed by atoms with E-state index < -0.39 is 32.9 Å². The van der Waals surface area contributed by atoms with Gasteiger partial charge in [0.2, 0.25) is 0 Å². The maximum Gasteiger partial charge on any atom is 0.573 e. The number of carbonyl (C=O) groups excluding carboxylic acids is 1. The molecule has 0 saturated heterocycles. The molecule has 0 radical (unpaired) electrons. The van der Waals surface area contributed by atoms with Crippen LogP contribution in [0.25, 0.3) is 0 Å². The van der Waals surface area contributed by atoms with E-state index in [1.165, 1.54) is 20.2 Å². The van der Waals surface area contributed by atoms with Crippen LogP contribution in [0.3, 0.4) is 0 Å². The van der Waals surface area contributed by atoms with Crippen molar-refractivity contribution in [1.29, 1.82) is 0 Å². The maximum absolute atomic E-state index is 12.8. The summed E-state index contributed by atoms with van der Waals surface area (Å²) in [4.78, 5) is 12.1. The first-order valence-electron chi connectivity index (χ1n) is 10.7. The molecule has 0 fully saturated rings. The number of benzene rings is 2. The van der Waals surface area contributed by atoms with Gasteiger partial charge in [-0.05, 0) is 59.4 Å². The molecule has 36 heavy (non-hydrogen) atoms. The van der Waals surface area contributed by atoms with Crippen molar-refractivity contribution in [2.75, 3.05) is 20.7 Å². The number of carbonyl (C=O) groups is 1. The van der Waals surface area contributed by atoms with Crippen molar-refractivity contribution in [2.45, 2.75) is 43.9 Å². The lowest BCUT2D eigenvalue weighted by Gasteiger charge is -2.21. The monoisotopic (exact) mass is 547 g/mol. The van der Waals surface area contributed by atoms with E-state index in [-0.39, 0.29) is 23.5 Å². The van der Waals surface area contributed by atoms with E-state index >= 15 is 0 Å². The molecule has 0 saturated carbocycles. The first kappa shape index (κ1) is 29.2. The first-order chi connectivity index (χ1) is 16.6. The Balaban J connectivity index is 2.26. The molecule has 1 amide bonds. The van der Waals surface area contributed by atoms with E-state index in [0.29, 0.717) is 16.9 Å². The van der Waals surface area contributed by atoms with Crippen molar-refractivity contribution in [1.82, 2.24) is 15.4 Å². The van der Waals surface area contributed by atoms with Crippen LogP contribution in [0.2, 0.25) is 0 Å². The number of hydrogen-bond acceptors (Lipinski definition) is 6. The summed E-state index contributed by atoms with van der Waals surface area (Å²) in [6.45, 7) is 6.09. The minimum Gasteiger partial charge on any atom is -0.496 e. The van der Waals surface area contributed by atoms with Gasteiger partial charge in [-0.1, -0.05) is 32.9 Å². The number of amides is 1. The van der Waals surface area contributed by atoms with Crippen LogP contribution in [-0.2, 0) is 21.9 Å². The minimum absolute atomic E-state index is 0.0725. The van der Waals surface area contributed by atoms with Gasteiger partial charge in [-0.3, -0.25) is 9.52 Å². The average Bonchev–Trinajstić information content (AvgIpc) is 2.77. The molecule has 3 N–H and O–H groups in total. The molecule has 0 spiro atoms. The molecular formula is C23H28F3N3O5S2. The Labute approximate surface area is 213 Å². The summed E-state index contributed by atoms with van der Waals surface area (Å²) in [5, 5.41) is 4.80. The summed E-state index contributed by atoms with van der Waals surface area (Å²) in [6.07, 6.45) is -4.98. The summed E-state index contributed by atoms with van der Waals surface area (Å²) in [5.74, 6) is -0.941. The molecule has 0 atom stereocenters. The summed E-state index contributed by atoms with van der Waals surface area (Å²) in [5.41, 5.74) is 1.39. The maximum atomic E-state index is 12.8. The van der Waals surface area contributed by atoms with Crippen LogP contribution in [0, 0.1) is 0 Å². The quantitative estimate of drug-likeness (QED) is 0.434. The lowest BCUT2D eigenvalue weighted by atomic mass is 9.86. The fourth-order valence-electron chi connectivity index (χ4n) is 3.12. The van der Waals surface area contributed by atoms with Crippen LogP contribution in [-0.4, -0.2) is 46.5 Å². The fraction of sp³-hybridized carbons (Fsp3) is 0.391. The number of rotatable bonds is 8. The highest BCUT2D eigenvalue weighted by Gasteiger charge is 2.34. The van der Waals surface area contributed by atoms with Gasteiger partial charge in [-0.2, -0.15) is 0 Å². The zero-order valence-corrected chi connectivity index (χ0v) is 22.0. The van der Waals surface area contributed by atoms with E-state index in [1.807, 2.05) is 31.6 Å². The summed E-state index contributed by atoms with van der Waals surface area (Å²) in [6, 6.07) is 8.53. The number of sulfonamides is 1. The highest BCUT2D eigenvalue weighted by molar-refractivity contribution is 7.92. The zero-order valence-electron chi connectivity index (χ0n) is 20.4. The summed E-state index contributed by atoms with van der Waals surface area (Å²) >= 11 is 4.76. The molecular weight excluding hydrogens is 519 g/mol. The van der Waals surface area contributed by atoms with Crippen LogP contribution >= 0.6 is 12.2 Å². The summed E-state index contributed by atoms with van der Waals surface area (Å²) in [7, 11) is -1.69. The van der Waals surface area contributed by atoms with Crippen molar-refractivity contribution in [2.24, 2.45) is 0 Å². The van der Waals surface area contributed by atoms with Gasteiger partial charge < -0.3 is 20.1 Å². The van der Waals surface area contributed by atoms with Crippen LogP contribution in [0.1, 0.15) is 42.3 Å². The third kappa shape index (κ3) is 7.98. The molecule has 13 heteroatoms. The second kappa shape index (κ2) is 11.3. The van der Waals surface area contributed by atoms with Gasteiger partial charge in [-0.25, -0.2) is 8.42 Å². The number of thiocarbonyl (C=S) groups is 1. The van der Waals surface area contributed by atoms with Gasteiger partial charge in [0, 0.05) is 13.6 Å². The van der Waals surface area contributed by atoms with E-state index in [4.69, 9.17) is 17.0 Å². The van der Waals surface area contributed by atoms with E-state index in [1.54, 1.807) is 12.1 Å². The normalized spacial score (nSPS) is 12.0. The minimum atomic E-state index is -5.11. The Hall–Kier alpha value is -3.06. The van der Waals surface area contributed by atoms with Crippen molar-refractivity contribution in [3.05, 3.63) is 53.1 Å². The lowest BCUT2D eigenvalue weighted by Crippen LogP contribution is -2.37. The van der Waals surface area contributed by atoms with Crippen molar-refractivity contribution in [3.8, 4) is 11.5 Å². The molecule has 0 aromatic heterocycles. The SMILES string of the molecule is CNC(=S)NS(=O)(=O)c1cc(CCNC(=O)c2cc(C(C)(C)C)ccc2OC)ccc1OC(F)(F)F. The zero-order chi connectivity index (χ0) is 27.3. The summed E-state index contributed by atoms with van der Waals surface area (Å²) < 4.78 is 74.9. The van der Waals surface area contributed by atoms with Crippen molar-refractivity contribution >= 4 is 33.3 Å². The molecule has 0 heterocycles. The molecule has 0 unspecified atom stereocenters. The molecule has 2 rings (SSSR count). The van der Waals surface area contributed by atoms with Crippen LogP contribution in [0.5, 0.6) is 11.5 Å². The first-order valence-corrected chi connectivity index (χ1v) is 12.6. The van der Waals surface area contributed by atoms with E-state index in [0.717, 1.165) is 17.7 Å². The molecule has 0 aliphatic rings. The standard InChI is InChI=1S/C23H28F3N3O5S2/c1-22(2,3)15-7-9-17(33-5)16(13-15)20(30)28-11-10-14-6-8-18(34-23(24,25)26)19(12-14)36(31,32)29-21(35)27-4/h6-9,12-13H,10-11H2,1-5H3,(H,28,30)(H2,27,29,35). The third-order valence-electron chi connectivity index (χ3n) is 4.99. The Morgan fingerprint density at radius 2 is 1.69 bits per heavy atom. The Bertz CT molecular complexity index is 1230. The molecule has 198 valence electrons. The Kier molecular flexibility index (Phi) is 9.18. The van der Waals surface area contributed by atoms with Gasteiger partial charge in [0.1, 0.15) is 16.4 Å². The Morgan fingerprint density at radius 3 is 2.25 bits per heavy atom. The largest absolute Gasteiger partial charge is 0.573 e. The van der Waals surface area contributed by atoms with E-state index in [9.17, 15) is 26.4 Å².